The molecule has 0 aliphatic rings. The highest BCUT2D eigenvalue weighted by Crippen LogP contribution is 2.28. The highest BCUT2D eigenvalue weighted by Gasteiger charge is 2.05. The number of aryl methyl sites for hydroxylation is 1. The molecule has 1 amide bonds. The molecule has 3 aromatic carbocycles. The molecule has 0 aliphatic heterocycles. The summed E-state index contributed by atoms with van der Waals surface area (Å²) in [5, 5.41) is 5.19. The van der Waals surface area contributed by atoms with Crippen LogP contribution in [-0.2, 0) is 4.79 Å². The normalized spacial score (nSPS) is 10.9. The number of carbonyl (C=O) groups excluding carboxylic acids is 1. The Labute approximate surface area is 153 Å². The molecule has 0 unspecified atom stereocenters. The van der Waals surface area contributed by atoms with Crippen molar-refractivity contribution in [2.45, 2.75) is 6.92 Å². The quantitative estimate of drug-likeness (QED) is 0.673. The molecule has 0 saturated heterocycles. The van der Waals surface area contributed by atoms with Gasteiger partial charge < -0.3 is 14.8 Å². The number of rotatable bonds is 5. The Bertz CT molecular complexity index is 976. The Morgan fingerprint density at radius 2 is 1.62 bits per heavy atom. The molecular weight excluding hydrogens is 326 g/mol. The summed E-state index contributed by atoms with van der Waals surface area (Å²) < 4.78 is 10.5. The van der Waals surface area contributed by atoms with Crippen LogP contribution >= 0.6 is 0 Å². The maximum atomic E-state index is 12.3. The van der Waals surface area contributed by atoms with Gasteiger partial charge in [0.2, 0.25) is 5.91 Å². The van der Waals surface area contributed by atoms with Crippen LogP contribution in [0, 0.1) is 6.92 Å². The topological polar surface area (TPSA) is 47.6 Å². The molecule has 0 fully saturated rings. The van der Waals surface area contributed by atoms with Crippen LogP contribution in [0.1, 0.15) is 11.1 Å². The zero-order chi connectivity index (χ0) is 18.5. The van der Waals surface area contributed by atoms with E-state index in [9.17, 15) is 4.79 Å². The number of amides is 1. The molecule has 4 heteroatoms. The van der Waals surface area contributed by atoms with Crippen LogP contribution < -0.4 is 14.8 Å². The van der Waals surface area contributed by atoms with Gasteiger partial charge in [0.1, 0.15) is 0 Å². The van der Waals surface area contributed by atoms with Crippen LogP contribution in [0.4, 0.5) is 5.69 Å². The highest BCUT2D eigenvalue weighted by molar-refractivity contribution is 6.03. The Hall–Kier alpha value is -3.27. The molecule has 0 bridgehead atoms. The maximum absolute atomic E-state index is 12.3. The average Bonchev–Trinajstić information content (AvgIpc) is 2.66. The second kappa shape index (κ2) is 7.74. The summed E-state index contributed by atoms with van der Waals surface area (Å²) >= 11 is 0. The molecule has 0 heterocycles. The van der Waals surface area contributed by atoms with Gasteiger partial charge in [-0.05, 0) is 59.2 Å². The van der Waals surface area contributed by atoms with Crippen molar-refractivity contribution in [1.29, 1.82) is 0 Å². The molecule has 0 spiro atoms. The predicted molar refractivity (Wildman–Crippen MR) is 106 cm³/mol. The second-order valence-corrected chi connectivity index (χ2v) is 5.95. The summed E-state index contributed by atoms with van der Waals surface area (Å²) in [5.74, 6) is 1.10. The van der Waals surface area contributed by atoms with Crippen LogP contribution in [0.3, 0.4) is 0 Å². The minimum atomic E-state index is -0.182. The number of carbonyl (C=O) groups is 1. The van der Waals surface area contributed by atoms with E-state index in [1.807, 2.05) is 49.4 Å². The van der Waals surface area contributed by atoms with E-state index in [1.54, 1.807) is 20.3 Å². The largest absolute Gasteiger partial charge is 0.493 e. The molecule has 0 atom stereocenters. The number of methoxy groups -OCH3 is 2. The van der Waals surface area contributed by atoms with E-state index in [4.69, 9.17) is 9.47 Å². The first-order chi connectivity index (χ1) is 12.6. The molecule has 0 aliphatic carbocycles. The minimum Gasteiger partial charge on any atom is -0.493 e. The first kappa shape index (κ1) is 17.5. The molecular formula is C22H21NO3. The predicted octanol–water partition coefficient (Wildman–Crippen LogP) is 4.82. The molecule has 4 nitrogen and oxygen atoms in total. The molecule has 0 aromatic heterocycles. The summed E-state index contributed by atoms with van der Waals surface area (Å²) in [7, 11) is 3.17. The number of anilines is 1. The number of nitrogens with one attached hydrogen (secondary N) is 1. The fraction of sp³-hybridized carbons (Fsp3) is 0.136. The Morgan fingerprint density at radius 1 is 0.923 bits per heavy atom. The number of benzene rings is 3. The third-order valence-electron chi connectivity index (χ3n) is 4.19. The number of fused-ring (bicyclic) bond motifs is 1. The van der Waals surface area contributed by atoms with E-state index in [2.05, 4.69) is 17.4 Å². The van der Waals surface area contributed by atoms with Gasteiger partial charge in [-0.25, -0.2) is 0 Å². The van der Waals surface area contributed by atoms with Crippen LogP contribution in [-0.4, -0.2) is 20.1 Å². The number of hydrogen-bond acceptors (Lipinski definition) is 3. The third-order valence-corrected chi connectivity index (χ3v) is 4.19. The Morgan fingerprint density at radius 3 is 2.31 bits per heavy atom. The molecule has 26 heavy (non-hydrogen) atoms. The van der Waals surface area contributed by atoms with Crippen LogP contribution in [0.5, 0.6) is 11.5 Å². The smallest absolute Gasteiger partial charge is 0.248 e. The lowest BCUT2D eigenvalue weighted by atomic mass is 10.1. The monoisotopic (exact) mass is 347 g/mol. The SMILES string of the molecule is COc1ccc(/C=C/C(=O)Nc2cc3ccccc3cc2C)cc1OC. The average molecular weight is 347 g/mol. The Kier molecular flexibility index (Phi) is 5.23. The molecule has 0 saturated carbocycles. The van der Waals surface area contributed by atoms with Crippen molar-refractivity contribution in [1.82, 2.24) is 0 Å². The van der Waals surface area contributed by atoms with Crippen LogP contribution in [0.2, 0.25) is 0 Å². The second-order valence-electron chi connectivity index (χ2n) is 5.95. The van der Waals surface area contributed by atoms with Gasteiger partial charge in [0.15, 0.2) is 11.5 Å². The van der Waals surface area contributed by atoms with Crippen molar-refractivity contribution >= 4 is 28.4 Å². The van der Waals surface area contributed by atoms with Gasteiger partial charge in [-0.15, -0.1) is 0 Å². The standard InChI is InChI=1S/C22H21NO3/c1-15-12-17-6-4-5-7-18(17)14-19(15)23-22(24)11-9-16-8-10-20(25-2)21(13-16)26-3/h4-14H,1-3H3,(H,23,24)/b11-9+. The van der Waals surface area contributed by atoms with Gasteiger partial charge >= 0.3 is 0 Å². The first-order valence-corrected chi connectivity index (χ1v) is 8.31. The molecule has 1 N–H and O–H groups in total. The minimum absolute atomic E-state index is 0.182. The van der Waals surface area contributed by atoms with E-state index in [0.29, 0.717) is 11.5 Å². The molecule has 132 valence electrons. The van der Waals surface area contributed by atoms with Gasteiger partial charge in [-0.3, -0.25) is 4.79 Å². The maximum Gasteiger partial charge on any atom is 0.248 e. The van der Waals surface area contributed by atoms with Crippen molar-refractivity contribution in [2.24, 2.45) is 0 Å². The summed E-state index contributed by atoms with van der Waals surface area (Å²) in [5.41, 5.74) is 2.69. The third kappa shape index (κ3) is 3.86. The van der Waals surface area contributed by atoms with Gasteiger partial charge in [-0.1, -0.05) is 30.3 Å². The van der Waals surface area contributed by atoms with Crippen molar-refractivity contribution in [2.75, 3.05) is 19.5 Å². The molecule has 3 aromatic rings. The summed E-state index contributed by atoms with van der Waals surface area (Å²) in [4.78, 5) is 12.3. The van der Waals surface area contributed by atoms with E-state index in [1.165, 1.54) is 6.08 Å². The van der Waals surface area contributed by atoms with Crippen molar-refractivity contribution < 1.29 is 14.3 Å². The van der Waals surface area contributed by atoms with E-state index in [-0.39, 0.29) is 5.91 Å². The zero-order valence-corrected chi connectivity index (χ0v) is 15.1. The highest BCUT2D eigenvalue weighted by atomic mass is 16.5. The van der Waals surface area contributed by atoms with E-state index in [0.717, 1.165) is 27.6 Å². The van der Waals surface area contributed by atoms with Crippen LogP contribution in [0.25, 0.3) is 16.8 Å². The Balaban J connectivity index is 1.76. The van der Waals surface area contributed by atoms with Gasteiger partial charge in [0.05, 0.1) is 14.2 Å². The zero-order valence-electron chi connectivity index (χ0n) is 15.1. The first-order valence-electron chi connectivity index (χ1n) is 8.31. The number of ether oxygens (including phenoxy) is 2. The van der Waals surface area contributed by atoms with Crippen molar-refractivity contribution in [3.8, 4) is 11.5 Å². The van der Waals surface area contributed by atoms with Crippen molar-refractivity contribution in [3.63, 3.8) is 0 Å². The summed E-state index contributed by atoms with van der Waals surface area (Å²) in [6.07, 6.45) is 3.25. The fourth-order valence-corrected chi connectivity index (χ4v) is 2.79. The van der Waals surface area contributed by atoms with E-state index < -0.39 is 0 Å². The number of hydrogen-bond donors (Lipinski definition) is 1. The molecule has 0 radical (unpaired) electrons. The molecule has 3 rings (SSSR count). The lowest BCUT2D eigenvalue weighted by Crippen LogP contribution is -2.08. The van der Waals surface area contributed by atoms with Crippen LogP contribution in [0.15, 0.2) is 60.7 Å². The lowest BCUT2D eigenvalue weighted by molar-refractivity contribution is -0.111. The fourth-order valence-electron chi connectivity index (χ4n) is 2.79. The van der Waals surface area contributed by atoms with Crippen molar-refractivity contribution in [3.05, 3.63) is 71.8 Å². The van der Waals surface area contributed by atoms with Gasteiger partial charge in [-0.2, -0.15) is 0 Å². The summed E-state index contributed by atoms with van der Waals surface area (Å²) in [6, 6.07) is 17.6. The van der Waals surface area contributed by atoms with E-state index >= 15 is 0 Å². The lowest BCUT2D eigenvalue weighted by Gasteiger charge is -2.09. The summed E-state index contributed by atoms with van der Waals surface area (Å²) in [6.45, 7) is 1.99. The van der Waals surface area contributed by atoms with Gasteiger partial charge in [0, 0.05) is 11.8 Å². The van der Waals surface area contributed by atoms with Gasteiger partial charge in [0.25, 0.3) is 0 Å².